The Bertz CT molecular complexity index is 284. The van der Waals surface area contributed by atoms with Gasteiger partial charge in [-0.15, -0.1) is 0 Å². The molecule has 0 fully saturated rings. The molecule has 12 heavy (non-hydrogen) atoms. The minimum atomic E-state index is -0.277. The summed E-state index contributed by atoms with van der Waals surface area (Å²) < 4.78 is 0. The topological polar surface area (TPSA) is 34.1 Å². The number of carbonyl (C=O) groups is 2. The number of ketones is 2. The van der Waals surface area contributed by atoms with Crippen LogP contribution in [0.2, 0.25) is 0 Å². The van der Waals surface area contributed by atoms with E-state index in [-0.39, 0.29) is 17.5 Å². The van der Waals surface area contributed by atoms with Crippen LogP contribution >= 0.6 is 0 Å². The van der Waals surface area contributed by atoms with Crippen molar-refractivity contribution >= 4 is 11.6 Å². The van der Waals surface area contributed by atoms with Crippen LogP contribution in [-0.4, -0.2) is 11.6 Å². The number of rotatable bonds is 1. The van der Waals surface area contributed by atoms with Crippen molar-refractivity contribution in [3.8, 4) is 0 Å². The second kappa shape index (κ2) is 3.05. The summed E-state index contributed by atoms with van der Waals surface area (Å²) in [6, 6.07) is 0. The Morgan fingerprint density at radius 1 is 1.58 bits per heavy atom. The van der Waals surface area contributed by atoms with Crippen molar-refractivity contribution in [2.45, 2.75) is 20.3 Å². The number of hydrogen-bond donors (Lipinski definition) is 0. The van der Waals surface area contributed by atoms with E-state index >= 15 is 0 Å². The normalized spacial score (nSPS) is 23.8. The molecule has 2 nitrogen and oxygen atoms in total. The van der Waals surface area contributed by atoms with Gasteiger partial charge in [0.25, 0.3) is 0 Å². The zero-order chi connectivity index (χ0) is 9.30. The smallest absolute Gasteiger partial charge is 0.163 e. The van der Waals surface area contributed by atoms with Gasteiger partial charge in [-0.05, 0) is 25.5 Å². The number of carbonyl (C=O) groups excluding carboxylic acids is 2. The average molecular weight is 164 g/mol. The molecule has 1 atom stereocenters. The quantitative estimate of drug-likeness (QED) is 0.552. The zero-order valence-corrected chi connectivity index (χ0v) is 7.39. The second-order valence-corrected chi connectivity index (χ2v) is 3.26. The van der Waals surface area contributed by atoms with Crippen molar-refractivity contribution < 1.29 is 9.59 Å². The molecule has 64 valence electrons. The van der Waals surface area contributed by atoms with E-state index in [9.17, 15) is 9.59 Å². The molecule has 0 N–H and O–H groups in total. The Hall–Kier alpha value is -1.18. The summed E-state index contributed by atoms with van der Waals surface area (Å²) in [6.07, 6.45) is 1.72. The van der Waals surface area contributed by atoms with E-state index in [2.05, 4.69) is 6.58 Å². The van der Waals surface area contributed by atoms with Gasteiger partial charge in [-0.1, -0.05) is 12.2 Å². The van der Waals surface area contributed by atoms with Gasteiger partial charge in [0, 0.05) is 12.3 Å². The summed E-state index contributed by atoms with van der Waals surface area (Å²) >= 11 is 0. The maximum Gasteiger partial charge on any atom is 0.163 e. The van der Waals surface area contributed by atoms with Gasteiger partial charge in [0.2, 0.25) is 0 Å². The van der Waals surface area contributed by atoms with Gasteiger partial charge in [-0.25, -0.2) is 0 Å². The van der Waals surface area contributed by atoms with Crippen LogP contribution < -0.4 is 0 Å². The summed E-state index contributed by atoms with van der Waals surface area (Å²) in [7, 11) is 0. The number of hydrogen-bond acceptors (Lipinski definition) is 2. The zero-order valence-electron chi connectivity index (χ0n) is 7.39. The molecule has 0 aromatic carbocycles. The molecule has 0 saturated carbocycles. The fourth-order valence-corrected chi connectivity index (χ4v) is 1.26. The predicted molar refractivity (Wildman–Crippen MR) is 46.7 cm³/mol. The van der Waals surface area contributed by atoms with Gasteiger partial charge < -0.3 is 0 Å². The first-order valence-corrected chi connectivity index (χ1v) is 3.93. The van der Waals surface area contributed by atoms with E-state index < -0.39 is 0 Å². The van der Waals surface area contributed by atoms with Crippen LogP contribution in [0.4, 0.5) is 0 Å². The van der Waals surface area contributed by atoms with Crippen molar-refractivity contribution in [2.24, 2.45) is 5.92 Å². The lowest BCUT2D eigenvalue weighted by Gasteiger charge is -2.17. The highest BCUT2D eigenvalue weighted by molar-refractivity contribution is 6.09. The van der Waals surface area contributed by atoms with Crippen molar-refractivity contribution in [1.82, 2.24) is 0 Å². The van der Waals surface area contributed by atoms with Gasteiger partial charge in [0.05, 0.1) is 0 Å². The minimum absolute atomic E-state index is 0.0135. The molecule has 1 rings (SSSR count). The number of allylic oxidation sites excluding steroid dienone is 3. The molecule has 0 radical (unpaired) electrons. The van der Waals surface area contributed by atoms with Crippen LogP contribution in [0.5, 0.6) is 0 Å². The fourth-order valence-electron chi connectivity index (χ4n) is 1.26. The van der Waals surface area contributed by atoms with Crippen molar-refractivity contribution in [1.29, 1.82) is 0 Å². The molecule has 0 aliphatic heterocycles. The van der Waals surface area contributed by atoms with Crippen LogP contribution in [0.25, 0.3) is 0 Å². The van der Waals surface area contributed by atoms with E-state index in [0.717, 1.165) is 5.57 Å². The molecule has 2 heteroatoms. The third kappa shape index (κ3) is 1.52. The Balaban J connectivity index is 2.94. The molecule has 1 unspecified atom stereocenters. The molecule has 1 aliphatic carbocycles. The Labute approximate surface area is 72.0 Å². The highest BCUT2D eigenvalue weighted by Gasteiger charge is 2.26. The van der Waals surface area contributed by atoms with Crippen LogP contribution in [-0.2, 0) is 9.59 Å². The van der Waals surface area contributed by atoms with Crippen LogP contribution in [0.3, 0.4) is 0 Å². The average Bonchev–Trinajstić information content (AvgIpc) is 1.96. The third-order valence-corrected chi connectivity index (χ3v) is 2.13. The van der Waals surface area contributed by atoms with Crippen molar-refractivity contribution in [2.75, 3.05) is 0 Å². The maximum absolute atomic E-state index is 11.3. The van der Waals surface area contributed by atoms with Crippen molar-refractivity contribution in [3.63, 3.8) is 0 Å². The van der Waals surface area contributed by atoms with E-state index in [0.29, 0.717) is 12.0 Å². The highest BCUT2D eigenvalue weighted by Crippen LogP contribution is 2.22. The summed E-state index contributed by atoms with van der Waals surface area (Å²) in [4.78, 5) is 22.5. The summed E-state index contributed by atoms with van der Waals surface area (Å²) in [5.74, 6) is -0.205. The first kappa shape index (κ1) is 8.91. The van der Waals surface area contributed by atoms with E-state index in [4.69, 9.17) is 0 Å². The van der Waals surface area contributed by atoms with Crippen molar-refractivity contribution in [3.05, 3.63) is 23.8 Å². The van der Waals surface area contributed by atoms with Gasteiger partial charge >= 0.3 is 0 Å². The lowest BCUT2D eigenvalue weighted by atomic mass is 9.84. The Morgan fingerprint density at radius 3 is 2.67 bits per heavy atom. The Morgan fingerprint density at radius 2 is 2.17 bits per heavy atom. The van der Waals surface area contributed by atoms with Gasteiger partial charge in [0.15, 0.2) is 11.6 Å². The monoisotopic (exact) mass is 164 g/mol. The minimum Gasteiger partial charge on any atom is -0.295 e. The summed E-state index contributed by atoms with van der Waals surface area (Å²) in [5.41, 5.74) is 1.34. The standard InChI is InChI=1S/C10H12O2/c1-6(2)8-5-9(11)7(3)4-10(8)12/h4,8H,1,5H2,2-3H3. The van der Waals surface area contributed by atoms with E-state index in [1.54, 1.807) is 13.8 Å². The SMILES string of the molecule is C=C(C)C1CC(=O)C(C)=CC1=O. The van der Waals surface area contributed by atoms with E-state index in [1.807, 2.05) is 0 Å². The van der Waals surface area contributed by atoms with Gasteiger partial charge in [-0.2, -0.15) is 0 Å². The van der Waals surface area contributed by atoms with E-state index in [1.165, 1.54) is 6.08 Å². The molecule has 0 heterocycles. The summed E-state index contributed by atoms with van der Waals surface area (Å²) in [6.45, 7) is 7.14. The third-order valence-electron chi connectivity index (χ3n) is 2.13. The lowest BCUT2D eigenvalue weighted by molar-refractivity contribution is -0.124. The molecular formula is C10H12O2. The van der Waals surface area contributed by atoms with Crippen LogP contribution in [0.15, 0.2) is 23.8 Å². The molecule has 1 aliphatic rings. The molecule has 0 spiro atoms. The Kier molecular flexibility index (Phi) is 2.27. The largest absolute Gasteiger partial charge is 0.295 e. The highest BCUT2D eigenvalue weighted by atomic mass is 16.1. The maximum atomic E-state index is 11.3. The molecule has 0 aromatic heterocycles. The molecule has 0 saturated heterocycles. The van der Waals surface area contributed by atoms with Crippen LogP contribution in [0.1, 0.15) is 20.3 Å². The first-order valence-electron chi connectivity index (χ1n) is 3.93. The van der Waals surface area contributed by atoms with Crippen LogP contribution in [0, 0.1) is 5.92 Å². The van der Waals surface area contributed by atoms with Gasteiger partial charge in [0.1, 0.15) is 0 Å². The molecule has 0 aromatic rings. The second-order valence-electron chi connectivity index (χ2n) is 3.26. The van der Waals surface area contributed by atoms with Gasteiger partial charge in [-0.3, -0.25) is 9.59 Å². The summed E-state index contributed by atoms with van der Waals surface area (Å²) in [5, 5.41) is 0. The fraction of sp³-hybridized carbons (Fsp3) is 0.400. The molecular weight excluding hydrogens is 152 g/mol. The first-order chi connectivity index (χ1) is 5.52. The molecule has 0 amide bonds. The number of Topliss-reactive ketones (excluding diaryl/α,β-unsaturated/α-hetero) is 1. The molecule has 0 bridgehead atoms. The lowest BCUT2D eigenvalue weighted by Crippen LogP contribution is -2.23. The predicted octanol–water partition coefficient (Wildman–Crippen LogP) is 1.67.